The summed E-state index contributed by atoms with van der Waals surface area (Å²) < 4.78 is 33.3. The molecule has 0 spiro atoms. The number of nitrogens with one attached hydrogen (secondary N) is 1. The Morgan fingerprint density at radius 1 is 1.11 bits per heavy atom. The summed E-state index contributed by atoms with van der Waals surface area (Å²) in [5.74, 6) is -0.956. The molecule has 0 fully saturated rings. The highest BCUT2D eigenvalue weighted by atomic mass is 32.2. The lowest BCUT2D eigenvalue weighted by Gasteiger charge is -2.07. The molecule has 0 saturated carbocycles. The monoisotopic (exact) mass is 392 g/mol. The topological polar surface area (TPSA) is 94.5 Å². The predicted molar refractivity (Wildman–Crippen MR) is 101 cm³/mol. The van der Waals surface area contributed by atoms with Gasteiger partial charge < -0.3 is 9.30 Å². The van der Waals surface area contributed by atoms with E-state index in [4.69, 9.17) is 4.74 Å². The van der Waals surface area contributed by atoms with Crippen molar-refractivity contribution >= 4 is 21.8 Å². The minimum absolute atomic E-state index is 0.0592. The summed E-state index contributed by atoms with van der Waals surface area (Å²) >= 11 is 0. The maximum absolute atomic E-state index is 12.4. The molecule has 1 heterocycles. The van der Waals surface area contributed by atoms with Gasteiger partial charge in [0, 0.05) is 30.0 Å². The second kappa shape index (κ2) is 8.49. The third-order valence-electron chi connectivity index (χ3n) is 4.26. The number of carbonyl (C=O) groups is 2. The van der Waals surface area contributed by atoms with Crippen LogP contribution < -0.4 is 4.72 Å². The lowest BCUT2D eigenvalue weighted by Crippen LogP contribution is -2.23. The number of sulfonamides is 1. The molecule has 0 bridgehead atoms. The Labute approximate surface area is 159 Å². The third kappa shape index (κ3) is 4.64. The molecule has 0 radical (unpaired) electrons. The minimum atomic E-state index is -3.58. The molecule has 146 valence electrons. The van der Waals surface area contributed by atoms with Crippen LogP contribution in [0.3, 0.4) is 0 Å². The van der Waals surface area contributed by atoms with Crippen LogP contribution in [0.2, 0.25) is 0 Å². The van der Waals surface area contributed by atoms with Gasteiger partial charge in [0.15, 0.2) is 6.61 Å². The Kier molecular flexibility index (Phi) is 6.56. The number of ketones is 1. The van der Waals surface area contributed by atoms with E-state index in [1.807, 2.05) is 25.3 Å². The van der Waals surface area contributed by atoms with Crippen molar-refractivity contribution in [2.24, 2.45) is 0 Å². The number of nitrogens with zero attached hydrogens (tertiary/aromatic N) is 1. The van der Waals surface area contributed by atoms with E-state index in [0.717, 1.165) is 17.9 Å². The van der Waals surface area contributed by atoms with Crippen molar-refractivity contribution in [3.8, 4) is 0 Å². The predicted octanol–water partition coefficient (Wildman–Crippen LogP) is 2.46. The van der Waals surface area contributed by atoms with E-state index < -0.39 is 16.0 Å². The second-order valence-electron chi connectivity index (χ2n) is 6.05. The first-order valence-electron chi connectivity index (χ1n) is 8.68. The van der Waals surface area contributed by atoms with E-state index in [1.165, 1.54) is 24.3 Å². The summed E-state index contributed by atoms with van der Waals surface area (Å²) in [5.41, 5.74) is 2.53. The van der Waals surface area contributed by atoms with Crippen LogP contribution in [0.5, 0.6) is 0 Å². The normalized spacial score (nSPS) is 11.4. The molecule has 0 unspecified atom stereocenters. The van der Waals surface area contributed by atoms with Crippen LogP contribution in [0.4, 0.5) is 0 Å². The number of aromatic nitrogens is 1. The molecular weight excluding hydrogens is 368 g/mol. The van der Waals surface area contributed by atoms with Crippen LogP contribution >= 0.6 is 0 Å². The second-order valence-corrected chi connectivity index (χ2v) is 7.82. The van der Waals surface area contributed by atoms with Crippen molar-refractivity contribution in [1.29, 1.82) is 0 Å². The summed E-state index contributed by atoms with van der Waals surface area (Å²) in [6.45, 7) is 8.10. The van der Waals surface area contributed by atoms with Crippen LogP contribution in [0.15, 0.2) is 35.2 Å². The van der Waals surface area contributed by atoms with E-state index in [0.29, 0.717) is 5.56 Å². The fourth-order valence-corrected chi connectivity index (χ4v) is 3.95. The summed E-state index contributed by atoms with van der Waals surface area (Å²) in [5, 5.41) is 0. The Balaban J connectivity index is 2.05. The summed E-state index contributed by atoms with van der Waals surface area (Å²) in [4.78, 5) is 24.6. The molecule has 0 aliphatic carbocycles. The average molecular weight is 392 g/mol. The highest BCUT2D eigenvalue weighted by Crippen LogP contribution is 2.16. The molecule has 0 saturated heterocycles. The number of esters is 1. The Morgan fingerprint density at radius 2 is 1.74 bits per heavy atom. The molecule has 8 heteroatoms. The van der Waals surface area contributed by atoms with Crippen LogP contribution in [0.1, 0.15) is 46.0 Å². The first-order chi connectivity index (χ1) is 12.7. The van der Waals surface area contributed by atoms with Gasteiger partial charge >= 0.3 is 5.97 Å². The van der Waals surface area contributed by atoms with Crippen molar-refractivity contribution in [3.05, 3.63) is 52.8 Å². The van der Waals surface area contributed by atoms with Gasteiger partial charge in [-0.2, -0.15) is 0 Å². The number of ether oxygens (including phenoxy) is 1. The van der Waals surface area contributed by atoms with Gasteiger partial charge in [0.05, 0.1) is 10.5 Å². The fourth-order valence-electron chi connectivity index (χ4n) is 2.91. The molecule has 0 amide bonds. The van der Waals surface area contributed by atoms with Crippen molar-refractivity contribution in [1.82, 2.24) is 9.29 Å². The lowest BCUT2D eigenvalue weighted by molar-refractivity contribution is 0.0474. The smallest absolute Gasteiger partial charge is 0.338 e. The Hall–Kier alpha value is -2.45. The molecule has 1 N–H and O–H groups in total. The number of benzene rings is 1. The van der Waals surface area contributed by atoms with E-state index in [1.54, 1.807) is 13.0 Å². The number of Topliss-reactive ketones (excluding diaryl/α,β-unsaturated/α-hetero) is 1. The molecule has 2 rings (SSSR count). The largest absolute Gasteiger partial charge is 0.454 e. The SMILES string of the molecule is CCNS(=O)(=O)c1ccc(C(=O)OCC(=O)c2cc(C)n(CC)c2C)cc1. The van der Waals surface area contributed by atoms with Crippen molar-refractivity contribution in [2.45, 2.75) is 39.1 Å². The highest BCUT2D eigenvalue weighted by Gasteiger charge is 2.18. The molecule has 0 atom stereocenters. The van der Waals surface area contributed by atoms with E-state index in [9.17, 15) is 18.0 Å². The first-order valence-corrected chi connectivity index (χ1v) is 10.2. The van der Waals surface area contributed by atoms with E-state index in [2.05, 4.69) is 4.72 Å². The summed E-state index contributed by atoms with van der Waals surface area (Å²) in [6.07, 6.45) is 0. The molecule has 0 aliphatic rings. The van der Waals surface area contributed by atoms with Crippen LogP contribution in [0, 0.1) is 13.8 Å². The standard InChI is InChI=1S/C19H24N2O5S/c1-5-20-27(24,25)16-9-7-15(8-10-16)19(23)26-12-18(22)17-11-13(3)21(6-2)14(17)4/h7-11,20H,5-6,12H2,1-4H3. The van der Waals surface area contributed by atoms with E-state index in [-0.39, 0.29) is 29.4 Å². The number of hydrogen-bond donors (Lipinski definition) is 1. The molecule has 27 heavy (non-hydrogen) atoms. The molecule has 7 nitrogen and oxygen atoms in total. The van der Waals surface area contributed by atoms with Gasteiger partial charge in [0.1, 0.15) is 0 Å². The summed E-state index contributed by atoms with van der Waals surface area (Å²) in [7, 11) is -3.58. The van der Waals surface area contributed by atoms with E-state index >= 15 is 0 Å². The van der Waals surface area contributed by atoms with Crippen molar-refractivity contribution < 1.29 is 22.7 Å². The Bertz CT molecular complexity index is 943. The number of hydrogen-bond acceptors (Lipinski definition) is 5. The average Bonchev–Trinajstić information content (AvgIpc) is 2.93. The number of carbonyl (C=O) groups excluding carboxylic acids is 2. The zero-order chi connectivity index (χ0) is 20.2. The van der Waals surface area contributed by atoms with Crippen LogP contribution in [-0.4, -0.2) is 37.9 Å². The number of rotatable bonds is 8. The molecule has 1 aromatic carbocycles. The maximum Gasteiger partial charge on any atom is 0.338 e. The highest BCUT2D eigenvalue weighted by molar-refractivity contribution is 7.89. The third-order valence-corrected chi connectivity index (χ3v) is 5.82. The van der Waals surface area contributed by atoms with Gasteiger partial charge in [-0.25, -0.2) is 17.9 Å². The van der Waals surface area contributed by atoms with Crippen molar-refractivity contribution in [3.63, 3.8) is 0 Å². The molecule has 0 aliphatic heterocycles. The van der Waals surface area contributed by atoms with Gasteiger partial charge in [-0.05, 0) is 51.1 Å². The van der Waals surface area contributed by atoms with Gasteiger partial charge in [0.25, 0.3) is 0 Å². The van der Waals surface area contributed by atoms with Gasteiger partial charge in [0.2, 0.25) is 15.8 Å². The minimum Gasteiger partial charge on any atom is -0.454 e. The molecular formula is C19H24N2O5S. The van der Waals surface area contributed by atoms with Crippen LogP contribution in [0.25, 0.3) is 0 Å². The quantitative estimate of drug-likeness (QED) is 0.550. The Morgan fingerprint density at radius 3 is 2.26 bits per heavy atom. The van der Waals surface area contributed by atoms with Gasteiger partial charge in [-0.3, -0.25) is 4.79 Å². The molecule has 2 aromatic rings. The fraction of sp³-hybridized carbons (Fsp3) is 0.368. The van der Waals surface area contributed by atoms with Crippen LogP contribution in [-0.2, 0) is 21.3 Å². The zero-order valence-corrected chi connectivity index (χ0v) is 16.7. The zero-order valence-electron chi connectivity index (χ0n) is 15.9. The van der Waals surface area contributed by atoms with Gasteiger partial charge in [-0.1, -0.05) is 6.92 Å². The maximum atomic E-state index is 12.4. The first kappa shape index (κ1) is 20.9. The number of aryl methyl sites for hydroxylation is 1. The lowest BCUT2D eigenvalue weighted by atomic mass is 10.1. The van der Waals surface area contributed by atoms with Crippen molar-refractivity contribution in [2.75, 3.05) is 13.2 Å². The summed E-state index contributed by atoms with van der Waals surface area (Å²) in [6, 6.07) is 7.16. The molecule has 1 aromatic heterocycles. The van der Waals surface area contributed by atoms with Gasteiger partial charge in [-0.15, -0.1) is 0 Å².